The average molecular weight is 436 g/mol. The number of rotatable bonds is 10. The van der Waals surface area contributed by atoms with Crippen molar-refractivity contribution < 1.29 is 26.9 Å². The number of hydrogen-bond donors (Lipinski definition) is 0. The second-order valence-corrected chi connectivity index (χ2v) is 8.66. The maximum atomic E-state index is 13.5. The zero-order valence-electron chi connectivity index (χ0n) is 18.0. The van der Waals surface area contributed by atoms with Crippen molar-refractivity contribution in [2.75, 3.05) is 20.0 Å². The van der Waals surface area contributed by atoms with Crippen LogP contribution in [0, 0.1) is 0 Å². The van der Waals surface area contributed by atoms with E-state index in [-0.39, 0.29) is 23.5 Å². The van der Waals surface area contributed by atoms with Crippen molar-refractivity contribution in [1.82, 2.24) is 4.90 Å². The Kier molecular flexibility index (Phi) is 8.11. The standard InChI is InChI=1S/C22H29NO6S/c1-6-16(3)23(22(24)21-19(27-4)9-8-10-20(21)28-5)15-17-11-13-18(14-12-17)29-30(25,26)7-2/h8-14,16H,6-7,15H2,1-5H3. The Morgan fingerprint density at radius 3 is 2.03 bits per heavy atom. The van der Waals surface area contributed by atoms with E-state index in [1.807, 2.05) is 13.8 Å². The number of ether oxygens (including phenoxy) is 2. The molecule has 164 valence electrons. The Bertz CT molecular complexity index is 934. The molecule has 0 aromatic heterocycles. The van der Waals surface area contributed by atoms with Crippen molar-refractivity contribution in [3.63, 3.8) is 0 Å². The van der Waals surface area contributed by atoms with Crippen molar-refractivity contribution in [2.24, 2.45) is 0 Å². The summed E-state index contributed by atoms with van der Waals surface area (Å²) in [6.45, 7) is 5.85. The van der Waals surface area contributed by atoms with Crippen LogP contribution in [0.25, 0.3) is 0 Å². The summed E-state index contributed by atoms with van der Waals surface area (Å²) >= 11 is 0. The Morgan fingerprint density at radius 1 is 1.00 bits per heavy atom. The molecule has 2 aromatic rings. The maximum Gasteiger partial charge on any atom is 0.308 e. The molecule has 0 N–H and O–H groups in total. The summed E-state index contributed by atoms with van der Waals surface area (Å²) in [7, 11) is -0.551. The predicted octanol–water partition coefficient (Wildman–Crippen LogP) is 3.87. The lowest BCUT2D eigenvalue weighted by atomic mass is 10.1. The number of carbonyl (C=O) groups is 1. The van der Waals surface area contributed by atoms with E-state index in [2.05, 4.69) is 0 Å². The van der Waals surface area contributed by atoms with Crippen molar-refractivity contribution in [3.8, 4) is 17.2 Å². The normalized spacial score (nSPS) is 12.2. The van der Waals surface area contributed by atoms with E-state index in [4.69, 9.17) is 13.7 Å². The lowest BCUT2D eigenvalue weighted by Gasteiger charge is -2.30. The molecule has 1 atom stereocenters. The minimum Gasteiger partial charge on any atom is -0.496 e. The fourth-order valence-electron chi connectivity index (χ4n) is 2.91. The summed E-state index contributed by atoms with van der Waals surface area (Å²) in [6.07, 6.45) is 0.763. The van der Waals surface area contributed by atoms with Gasteiger partial charge in [-0.05, 0) is 50.1 Å². The van der Waals surface area contributed by atoms with E-state index in [9.17, 15) is 13.2 Å². The second-order valence-electron chi connectivity index (χ2n) is 6.80. The van der Waals surface area contributed by atoms with Crippen molar-refractivity contribution in [3.05, 3.63) is 53.6 Å². The van der Waals surface area contributed by atoms with E-state index in [0.717, 1.165) is 12.0 Å². The zero-order chi connectivity index (χ0) is 22.3. The molecule has 0 aliphatic rings. The molecule has 8 heteroatoms. The number of hydrogen-bond acceptors (Lipinski definition) is 6. The third kappa shape index (κ3) is 5.66. The number of benzene rings is 2. The molecular weight excluding hydrogens is 406 g/mol. The van der Waals surface area contributed by atoms with E-state index in [0.29, 0.717) is 23.6 Å². The van der Waals surface area contributed by atoms with Gasteiger partial charge in [-0.2, -0.15) is 8.42 Å². The smallest absolute Gasteiger partial charge is 0.308 e. The van der Waals surface area contributed by atoms with Crippen LogP contribution in [-0.4, -0.2) is 45.2 Å². The molecule has 1 amide bonds. The first-order valence-corrected chi connectivity index (χ1v) is 11.4. The Hall–Kier alpha value is -2.74. The van der Waals surface area contributed by atoms with Gasteiger partial charge in [0.15, 0.2) is 0 Å². The molecule has 2 aromatic carbocycles. The summed E-state index contributed by atoms with van der Waals surface area (Å²) < 4.78 is 39.1. The molecule has 0 radical (unpaired) electrons. The minimum absolute atomic E-state index is 0.0384. The number of nitrogens with zero attached hydrogens (tertiary/aromatic N) is 1. The van der Waals surface area contributed by atoms with E-state index in [1.54, 1.807) is 47.4 Å². The lowest BCUT2D eigenvalue weighted by Crippen LogP contribution is -2.38. The van der Waals surface area contributed by atoms with Crippen LogP contribution in [0.4, 0.5) is 0 Å². The fourth-order valence-corrected chi connectivity index (χ4v) is 3.43. The molecule has 0 bridgehead atoms. The Morgan fingerprint density at radius 2 is 1.57 bits per heavy atom. The van der Waals surface area contributed by atoms with Crippen LogP contribution in [0.5, 0.6) is 17.2 Å². The zero-order valence-corrected chi connectivity index (χ0v) is 18.9. The molecule has 30 heavy (non-hydrogen) atoms. The first-order chi connectivity index (χ1) is 14.3. The van der Waals surface area contributed by atoms with Gasteiger partial charge in [0, 0.05) is 12.6 Å². The summed E-state index contributed by atoms with van der Waals surface area (Å²) in [4.78, 5) is 15.2. The highest BCUT2D eigenvalue weighted by Gasteiger charge is 2.27. The Labute approximate surface area is 178 Å². The van der Waals surface area contributed by atoms with E-state index >= 15 is 0 Å². The van der Waals surface area contributed by atoms with Crippen LogP contribution in [-0.2, 0) is 16.7 Å². The molecule has 2 rings (SSSR count). The van der Waals surface area contributed by atoms with Gasteiger partial charge in [0.05, 0.1) is 20.0 Å². The number of carbonyl (C=O) groups excluding carboxylic acids is 1. The van der Waals surface area contributed by atoms with Crippen LogP contribution in [0.2, 0.25) is 0 Å². The van der Waals surface area contributed by atoms with Crippen LogP contribution in [0.3, 0.4) is 0 Å². The second kappa shape index (κ2) is 10.3. The molecular formula is C22H29NO6S. The van der Waals surface area contributed by atoms with Gasteiger partial charge in [-0.3, -0.25) is 4.79 Å². The minimum atomic E-state index is -3.58. The third-order valence-electron chi connectivity index (χ3n) is 4.88. The molecule has 0 saturated heterocycles. The quantitative estimate of drug-likeness (QED) is 0.527. The summed E-state index contributed by atoms with van der Waals surface area (Å²) in [5.74, 6) is 0.828. The van der Waals surface area contributed by atoms with E-state index < -0.39 is 10.1 Å². The van der Waals surface area contributed by atoms with Gasteiger partial charge in [0.2, 0.25) is 0 Å². The van der Waals surface area contributed by atoms with Gasteiger partial charge in [0.25, 0.3) is 5.91 Å². The van der Waals surface area contributed by atoms with Gasteiger partial charge in [-0.1, -0.05) is 25.1 Å². The van der Waals surface area contributed by atoms with Crippen molar-refractivity contribution in [1.29, 1.82) is 0 Å². The monoisotopic (exact) mass is 435 g/mol. The molecule has 0 aliphatic heterocycles. The predicted molar refractivity (Wildman–Crippen MR) is 116 cm³/mol. The highest BCUT2D eigenvalue weighted by atomic mass is 32.2. The van der Waals surface area contributed by atoms with Crippen LogP contribution < -0.4 is 13.7 Å². The summed E-state index contributed by atoms with van der Waals surface area (Å²) in [6, 6.07) is 11.9. The molecule has 0 heterocycles. The summed E-state index contributed by atoms with van der Waals surface area (Å²) in [5, 5.41) is 0. The van der Waals surface area contributed by atoms with Gasteiger partial charge in [-0.25, -0.2) is 0 Å². The summed E-state index contributed by atoms with van der Waals surface area (Å²) in [5.41, 5.74) is 1.22. The highest BCUT2D eigenvalue weighted by molar-refractivity contribution is 7.87. The lowest BCUT2D eigenvalue weighted by molar-refractivity contribution is 0.0664. The molecule has 0 aliphatic carbocycles. The Balaban J connectivity index is 2.33. The molecule has 0 spiro atoms. The van der Waals surface area contributed by atoms with Crippen LogP contribution in [0.15, 0.2) is 42.5 Å². The SMILES string of the molecule is CCC(C)N(Cc1ccc(OS(=O)(=O)CC)cc1)C(=O)c1c(OC)cccc1OC. The van der Waals surface area contributed by atoms with Crippen molar-refractivity contribution >= 4 is 16.0 Å². The van der Waals surface area contributed by atoms with Gasteiger partial charge in [0.1, 0.15) is 22.8 Å². The van der Waals surface area contributed by atoms with Gasteiger partial charge >= 0.3 is 10.1 Å². The first-order valence-electron chi connectivity index (χ1n) is 9.79. The van der Waals surface area contributed by atoms with Crippen LogP contribution in [0.1, 0.15) is 43.1 Å². The van der Waals surface area contributed by atoms with Gasteiger partial charge in [-0.15, -0.1) is 0 Å². The topological polar surface area (TPSA) is 82.1 Å². The molecule has 1 unspecified atom stereocenters. The molecule has 0 fully saturated rings. The first kappa shape index (κ1) is 23.5. The van der Waals surface area contributed by atoms with Crippen LogP contribution >= 0.6 is 0 Å². The fraction of sp³-hybridized carbons (Fsp3) is 0.409. The largest absolute Gasteiger partial charge is 0.496 e. The third-order valence-corrected chi connectivity index (χ3v) is 6.03. The number of methoxy groups -OCH3 is 2. The van der Waals surface area contributed by atoms with Crippen molar-refractivity contribution in [2.45, 2.75) is 39.8 Å². The van der Waals surface area contributed by atoms with Gasteiger partial charge < -0.3 is 18.6 Å². The molecule has 7 nitrogen and oxygen atoms in total. The molecule has 0 saturated carbocycles. The highest BCUT2D eigenvalue weighted by Crippen LogP contribution is 2.31. The maximum absolute atomic E-state index is 13.5. The van der Waals surface area contributed by atoms with E-state index in [1.165, 1.54) is 21.1 Å². The number of amides is 1. The average Bonchev–Trinajstić information content (AvgIpc) is 2.76.